The summed E-state index contributed by atoms with van der Waals surface area (Å²) in [4.78, 5) is 13.4. The van der Waals surface area contributed by atoms with Gasteiger partial charge in [0.25, 0.3) is 5.91 Å². The van der Waals surface area contributed by atoms with Crippen LogP contribution in [0.25, 0.3) is 0 Å². The van der Waals surface area contributed by atoms with Crippen LogP contribution >= 0.6 is 48.3 Å². The lowest BCUT2D eigenvalue weighted by molar-refractivity contribution is 0.0923. The van der Waals surface area contributed by atoms with Crippen molar-refractivity contribution in [3.8, 4) is 0 Å². The Labute approximate surface area is 151 Å². The van der Waals surface area contributed by atoms with Gasteiger partial charge >= 0.3 is 0 Å². The van der Waals surface area contributed by atoms with Gasteiger partial charge in [-0.1, -0.05) is 27.6 Å². The van der Waals surface area contributed by atoms with Crippen molar-refractivity contribution in [3.63, 3.8) is 0 Å². The van der Waals surface area contributed by atoms with Gasteiger partial charge in [0.1, 0.15) is 0 Å². The number of nitrogens with zero attached hydrogens (tertiary/aromatic N) is 2. The molecule has 0 aromatic heterocycles. The minimum atomic E-state index is -0.162. The van der Waals surface area contributed by atoms with Crippen LogP contribution in [0.1, 0.15) is 15.9 Å². The molecule has 0 unspecified atom stereocenters. The maximum atomic E-state index is 12.4. The van der Waals surface area contributed by atoms with E-state index in [-0.39, 0.29) is 5.91 Å². The second-order valence-electron chi connectivity index (χ2n) is 4.48. The van der Waals surface area contributed by atoms with Gasteiger partial charge in [0.2, 0.25) is 0 Å². The van der Waals surface area contributed by atoms with Gasteiger partial charge in [-0.15, -0.1) is 0 Å². The van der Waals surface area contributed by atoms with Crippen molar-refractivity contribution < 1.29 is 4.79 Å². The Balaban J connectivity index is 1.71. The van der Waals surface area contributed by atoms with E-state index in [1.807, 2.05) is 43.4 Å². The molecule has 2 aliphatic rings. The van der Waals surface area contributed by atoms with Crippen LogP contribution in [0.4, 0.5) is 0 Å². The van der Waals surface area contributed by atoms with E-state index in [4.69, 9.17) is 0 Å². The van der Waals surface area contributed by atoms with E-state index in [9.17, 15) is 4.79 Å². The van der Waals surface area contributed by atoms with E-state index in [0.29, 0.717) is 5.56 Å². The van der Waals surface area contributed by atoms with Crippen molar-refractivity contribution in [1.82, 2.24) is 17.5 Å². The number of allylic oxidation sites excluding steroid dienone is 4. The van der Waals surface area contributed by atoms with Crippen molar-refractivity contribution in [2.24, 2.45) is 4.40 Å². The first kappa shape index (κ1) is 17.0. The summed E-state index contributed by atoms with van der Waals surface area (Å²) in [5, 5.41) is 0. The molecule has 1 amide bonds. The van der Waals surface area contributed by atoms with Crippen molar-refractivity contribution in [3.05, 3.63) is 58.5 Å². The van der Waals surface area contributed by atoms with Crippen LogP contribution in [0.15, 0.2) is 51.8 Å². The quantitative estimate of drug-likeness (QED) is 0.672. The molecule has 0 fully saturated rings. The Morgan fingerprint density at radius 2 is 2.26 bits per heavy atom. The van der Waals surface area contributed by atoms with Crippen molar-refractivity contribution >= 4 is 60.0 Å². The topological polar surface area (TPSA) is 68.8 Å². The van der Waals surface area contributed by atoms with Gasteiger partial charge in [-0.25, -0.2) is 0 Å². The largest absolute Gasteiger partial charge is 0.268 e. The number of hydrogen-bond acceptors (Lipinski definition) is 9. The average Bonchev–Trinajstić information content (AvgIpc) is 2.98. The number of rotatable bonds is 2. The van der Waals surface area contributed by atoms with E-state index < -0.39 is 0 Å². The highest BCUT2D eigenvalue weighted by Gasteiger charge is 2.19. The predicted octanol–water partition coefficient (Wildman–Crippen LogP) is 3.37. The Morgan fingerprint density at radius 3 is 3.13 bits per heavy atom. The molecule has 3 rings (SSSR count). The average molecular weight is 384 g/mol. The third kappa shape index (κ3) is 4.80. The van der Waals surface area contributed by atoms with E-state index in [1.165, 1.54) is 48.3 Å². The lowest BCUT2D eigenvalue weighted by Gasteiger charge is -2.21. The van der Waals surface area contributed by atoms with Crippen LogP contribution in [0.3, 0.4) is 0 Å². The molecule has 0 saturated heterocycles. The number of hydrogen-bond donors (Lipinski definition) is 3. The van der Waals surface area contributed by atoms with Gasteiger partial charge in [0.15, 0.2) is 0 Å². The summed E-state index contributed by atoms with van der Waals surface area (Å²) in [5.74, 6) is -0.162. The van der Waals surface area contributed by atoms with Gasteiger partial charge in [-0.3, -0.25) is 10.2 Å². The number of hydrazine groups is 1. The van der Waals surface area contributed by atoms with E-state index in [1.54, 1.807) is 9.89 Å². The molecule has 23 heavy (non-hydrogen) atoms. The Morgan fingerprint density at radius 1 is 1.35 bits per heavy atom. The van der Waals surface area contributed by atoms with Crippen LogP contribution in [-0.2, 0) is 0 Å². The molecule has 120 valence electrons. The number of carbonyl (C=O) groups excluding carboxylic acids is 1. The molecule has 6 nitrogen and oxygen atoms in total. The summed E-state index contributed by atoms with van der Waals surface area (Å²) in [5.41, 5.74) is 5.41. The molecule has 0 saturated carbocycles. The van der Waals surface area contributed by atoms with Crippen molar-refractivity contribution in [1.29, 1.82) is 0 Å². The monoisotopic (exact) mass is 383 g/mol. The summed E-state index contributed by atoms with van der Waals surface area (Å²) in [6, 6.07) is 7.48. The summed E-state index contributed by atoms with van der Waals surface area (Å²) >= 11 is 5.21. The van der Waals surface area contributed by atoms with Crippen LogP contribution in [-0.4, -0.2) is 15.4 Å². The number of benzene rings is 1. The minimum absolute atomic E-state index is 0.162. The van der Waals surface area contributed by atoms with Crippen molar-refractivity contribution in [2.45, 2.75) is 6.92 Å². The standard InChI is InChI=1S/C13H13N5OS4/c1-9-4-2-5-10(8-9)13(19)14-18-20-12-7-3-6-11(12)15-21-16-22-17-23-18/h2-8,16-17H,1H3,(H,14,19)/b15-11-. The number of aryl methyl sites for hydroxylation is 1. The maximum Gasteiger partial charge on any atom is 0.267 e. The number of nitrogens with one attached hydrogen (secondary N) is 3. The van der Waals surface area contributed by atoms with Gasteiger partial charge in [-0.2, -0.15) is 12.7 Å². The molecule has 1 aromatic rings. The second-order valence-corrected chi connectivity index (χ2v) is 8.15. The number of carbonyl (C=O) groups is 1. The lowest BCUT2D eigenvalue weighted by Crippen LogP contribution is -2.35. The first-order valence-corrected chi connectivity index (χ1v) is 9.67. The molecule has 0 spiro atoms. The molecule has 10 heteroatoms. The van der Waals surface area contributed by atoms with Gasteiger partial charge in [0, 0.05) is 17.7 Å². The fourth-order valence-electron chi connectivity index (χ4n) is 1.79. The molecule has 0 atom stereocenters. The van der Waals surface area contributed by atoms with Gasteiger partial charge in [0.05, 0.1) is 34.9 Å². The zero-order chi connectivity index (χ0) is 16.1. The minimum Gasteiger partial charge on any atom is -0.268 e. The normalized spacial score (nSPS) is 21.1. The molecule has 0 bridgehead atoms. The first-order valence-electron chi connectivity index (χ1n) is 6.54. The second kappa shape index (κ2) is 8.29. The highest BCUT2D eigenvalue weighted by molar-refractivity contribution is 8.21. The molecule has 1 aliphatic heterocycles. The van der Waals surface area contributed by atoms with E-state index in [0.717, 1.165) is 16.2 Å². The fraction of sp³-hybridized carbons (Fsp3) is 0.0769. The third-order valence-corrected chi connectivity index (χ3v) is 5.85. The molecule has 1 heterocycles. The number of amides is 1. The van der Waals surface area contributed by atoms with Gasteiger partial charge < -0.3 is 0 Å². The highest BCUT2D eigenvalue weighted by atomic mass is 32.3. The van der Waals surface area contributed by atoms with E-state index in [2.05, 4.69) is 18.1 Å². The summed E-state index contributed by atoms with van der Waals surface area (Å²) in [6.07, 6.45) is 5.83. The molecular weight excluding hydrogens is 370 g/mol. The highest BCUT2D eigenvalue weighted by Crippen LogP contribution is 2.31. The number of fused-ring (bicyclic) bond motifs is 1. The molecule has 3 N–H and O–H groups in total. The Bertz CT molecular complexity index is 691. The summed E-state index contributed by atoms with van der Waals surface area (Å²) in [7, 11) is 0. The summed E-state index contributed by atoms with van der Waals surface area (Å²) < 4.78 is 12.1. The van der Waals surface area contributed by atoms with E-state index >= 15 is 0 Å². The smallest absolute Gasteiger partial charge is 0.267 e. The van der Waals surface area contributed by atoms with Crippen LogP contribution < -0.4 is 13.7 Å². The molecular formula is C13H13N5OS4. The SMILES string of the molecule is Cc1cccc(C(=O)NN2SNSNS/N=C3/C=CC=C3S2)c1. The zero-order valence-corrected chi connectivity index (χ0v) is 15.2. The zero-order valence-electron chi connectivity index (χ0n) is 12.0. The Hall–Kier alpha value is -0.880. The van der Waals surface area contributed by atoms with Crippen molar-refractivity contribution in [2.75, 3.05) is 0 Å². The maximum absolute atomic E-state index is 12.4. The van der Waals surface area contributed by atoms with Crippen LogP contribution in [0, 0.1) is 6.92 Å². The Kier molecular flexibility index (Phi) is 6.11. The first-order chi connectivity index (χ1) is 11.2. The lowest BCUT2D eigenvalue weighted by atomic mass is 10.1. The summed E-state index contributed by atoms with van der Waals surface area (Å²) in [6.45, 7) is 1.96. The van der Waals surface area contributed by atoms with Crippen LogP contribution in [0.2, 0.25) is 0 Å². The molecule has 1 aromatic carbocycles. The predicted molar refractivity (Wildman–Crippen MR) is 102 cm³/mol. The fourth-order valence-corrected chi connectivity index (χ4v) is 4.71. The van der Waals surface area contributed by atoms with Gasteiger partial charge in [-0.05, 0) is 43.2 Å². The molecule has 1 aliphatic carbocycles. The molecule has 0 radical (unpaired) electrons. The third-order valence-electron chi connectivity index (χ3n) is 2.79. The van der Waals surface area contributed by atoms with Crippen LogP contribution in [0.5, 0.6) is 0 Å².